The fourth-order valence-electron chi connectivity index (χ4n) is 0.793. The smallest absolute Gasteiger partial charge is 0.259 e. The van der Waals surface area contributed by atoms with E-state index in [1.807, 2.05) is 18.7 Å². The highest BCUT2D eigenvalue weighted by Gasteiger charge is 2.08. The van der Waals surface area contributed by atoms with Crippen LogP contribution in [0, 0.1) is 0 Å². The van der Waals surface area contributed by atoms with Gasteiger partial charge in [0.1, 0.15) is 12.7 Å². The summed E-state index contributed by atoms with van der Waals surface area (Å²) in [6.45, 7) is 5.26. The molecule has 0 aliphatic rings. The molecule has 2 N–H and O–H groups in total. The molecular formula is C8H17NO3S. The molecule has 4 nitrogen and oxygen atoms in total. The van der Waals surface area contributed by atoms with Crippen LogP contribution < -0.4 is 0 Å². The number of nitrogens with zero attached hydrogens (tertiary/aromatic N) is 1. The molecule has 0 unspecified atom stereocenters. The first kappa shape index (κ1) is 12.6. The quantitative estimate of drug-likeness (QED) is 0.621. The Morgan fingerprint density at radius 3 is 2.38 bits per heavy atom. The van der Waals surface area contributed by atoms with E-state index < -0.39 is 6.10 Å². The lowest BCUT2D eigenvalue weighted by Gasteiger charge is -2.22. The minimum Gasteiger partial charge on any atom is -0.468 e. The molecule has 0 heterocycles. The van der Waals surface area contributed by atoms with Crippen LogP contribution in [0.2, 0.25) is 0 Å². The van der Waals surface area contributed by atoms with E-state index >= 15 is 0 Å². The fourth-order valence-corrected chi connectivity index (χ4v) is 1.12. The Kier molecular flexibility index (Phi) is 6.84. The Morgan fingerprint density at radius 2 is 2.00 bits per heavy atom. The van der Waals surface area contributed by atoms with Crippen LogP contribution in [0.15, 0.2) is 0 Å². The molecule has 0 aliphatic heterocycles. The summed E-state index contributed by atoms with van der Waals surface area (Å²) < 4.78 is 5.09. The van der Waals surface area contributed by atoms with Crippen LogP contribution in [0.5, 0.6) is 0 Å². The van der Waals surface area contributed by atoms with Crippen LogP contribution in [0.4, 0.5) is 0 Å². The van der Waals surface area contributed by atoms with E-state index in [0.717, 1.165) is 13.1 Å². The number of aliphatic hydroxyl groups is 2. The zero-order valence-corrected chi connectivity index (χ0v) is 8.88. The summed E-state index contributed by atoms with van der Waals surface area (Å²) >= 11 is 4.95. The molecule has 5 heteroatoms. The summed E-state index contributed by atoms with van der Waals surface area (Å²) in [4.78, 5) is 1.86. The zero-order valence-electron chi connectivity index (χ0n) is 8.06. The number of thiocarbonyl (C=S) groups is 1. The lowest BCUT2D eigenvalue weighted by Crippen LogP contribution is -2.33. The van der Waals surface area contributed by atoms with Crippen molar-refractivity contribution in [1.29, 1.82) is 0 Å². The van der Waals surface area contributed by atoms with Crippen molar-refractivity contribution < 1.29 is 14.9 Å². The third-order valence-electron chi connectivity index (χ3n) is 1.63. The van der Waals surface area contributed by atoms with Gasteiger partial charge in [-0.2, -0.15) is 0 Å². The van der Waals surface area contributed by atoms with Crippen molar-refractivity contribution in [3.05, 3.63) is 0 Å². The zero-order chi connectivity index (χ0) is 10.3. The van der Waals surface area contributed by atoms with Gasteiger partial charge in [0.15, 0.2) is 0 Å². The van der Waals surface area contributed by atoms with Crippen LogP contribution in [-0.2, 0) is 4.74 Å². The van der Waals surface area contributed by atoms with Gasteiger partial charge in [-0.15, -0.1) is 0 Å². The van der Waals surface area contributed by atoms with E-state index in [2.05, 4.69) is 0 Å². The predicted octanol–water partition coefficient (Wildman–Crippen LogP) is -0.0171. The van der Waals surface area contributed by atoms with E-state index in [1.54, 1.807) is 0 Å². The average molecular weight is 207 g/mol. The first-order chi connectivity index (χ1) is 6.15. The minimum absolute atomic E-state index is 0.0475. The summed E-state index contributed by atoms with van der Waals surface area (Å²) in [7, 11) is 0. The van der Waals surface area contributed by atoms with E-state index in [1.165, 1.54) is 0 Å². The van der Waals surface area contributed by atoms with Gasteiger partial charge in [0, 0.05) is 13.1 Å². The van der Waals surface area contributed by atoms with Gasteiger partial charge in [-0.1, -0.05) is 0 Å². The molecule has 1 atom stereocenters. The first-order valence-electron chi connectivity index (χ1n) is 4.36. The van der Waals surface area contributed by atoms with Crippen molar-refractivity contribution in [2.24, 2.45) is 0 Å². The number of aliphatic hydroxyl groups excluding tert-OH is 2. The normalized spacial score (nSPS) is 12.3. The van der Waals surface area contributed by atoms with E-state index in [0.29, 0.717) is 5.17 Å². The number of rotatable bonds is 5. The second-order valence-corrected chi connectivity index (χ2v) is 2.93. The van der Waals surface area contributed by atoms with Gasteiger partial charge in [-0.05, 0) is 26.1 Å². The Balaban J connectivity index is 3.72. The molecule has 0 rings (SSSR count). The molecular weight excluding hydrogens is 190 g/mol. The van der Waals surface area contributed by atoms with Crippen LogP contribution in [0.3, 0.4) is 0 Å². The van der Waals surface area contributed by atoms with Crippen molar-refractivity contribution in [3.8, 4) is 0 Å². The molecule has 0 amide bonds. The molecule has 0 aliphatic carbocycles. The second-order valence-electron chi connectivity index (χ2n) is 2.59. The van der Waals surface area contributed by atoms with Crippen molar-refractivity contribution in [3.63, 3.8) is 0 Å². The van der Waals surface area contributed by atoms with Gasteiger partial charge < -0.3 is 19.8 Å². The van der Waals surface area contributed by atoms with Crippen LogP contribution >= 0.6 is 12.2 Å². The van der Waals surface area contributed by atoms with Gasteiger partial charge >= 0.3 is 0 Å². The monoisotopic (exact) mass is 207 g/mol. The van der Waals surface area contributed by atoms with Crippen LogP contribution in [0.25, 0.3) is 0 Å². The molecule has 78 valence electrons. The third-order valence-corrected chi connectivity index (χ3v) is 2.01. The maximum absolute atomic E-state index is 8.98. The summed E-state index contributed by atoms with van der Waals surface area (Å²) in [6, 6.07) is 0. The summed E-state index contributed by atoms with van der Waals surface area (Å²) in [5, 5.41) is 17.9. The number of hydrogen-bond donors (Lipinski definition) is 2. The maximum atomic E-state index is 8.98. The SMILES string of the molecule is CCN(CC)C(=S)OC[C@H](O)CO. The maximum Gasteiger partial charge on any atom is 0.259 e. The minimum atomic E-state index is -0.853. The van der Waals surface area contributed by atoms with E-state index in [9.17, 15) is 0 Å². The molecule has 0 fully saturated rings. The second kappa shape index (κ2) is 7.06. The van der Waals surface area contributed by atoms with Crippen molar-refractivity contribution in [2.75, 3.05) is 26.3 Å². The molecule has 0 saturated carbocycles. The van der Waals surface area contributed by atoms with Crippen LogP contribution in [-0.4, -0.2) is 52.7 Å². The van der Waals surface area contributed by atoms with E-state index in [4.69, 9.17) is 27.2 Å². The van der Waals surface area contributed by atoms with Gasteiger partial charge in [-0.3, -0.25) is 0 Å². The Morgan fingerprint density at radius 1 is 1.46 bits per heavy atom. The fraction of sp³-hybridized carbons (Fsp3) is 0.875. The van der Waals surface area contributed by atoms with Gasteiger partial charge in [0.25, 0.3) is 5.17 Å². The highest BCUT2D eigenvalue weighted by molar-refractivity contribution is 7.80. The number of hydrogen-bond acceptors (Lipinski definition) is 4. The van der Waals surface area contributed by atoms with Crippen molar-refractivity contribution >= 4 is 17.4 Å². The van der Waals surface area contributed by atoms with Gasteiger partial charge in [0.2, 0.25) is 0 Å². The molecule has 0 bridgehead atoms. The Bertz CT molecular complexity index is 150. The summed E-state index contributed by atoms with van der Waals surface area (Å²) in [5.74, 6) is 0. The molecule has 0 radical (unpaired) electrons. The molecule has 0 spiro atoms. The standard InChI is InChI=1S/C8H17NO3S/c1-3-9(4-2)8(13)12-6-7(11)5-10/h7,10-11H,3-6H2,1-2H3/t7-/m1/s1. The lowest BCUT2D eigenvalue weighted by atomic mass is 10.4. The third kappa shape index (κ3) is 5.02. The van der Waals surface area contributed by atoms with Crippen LogP contribution in [0.1, 0.15) is 13.8 Å². The lowest BCUT2D eigenvalue weighted by molar-refractivity contribution is 0.0450. The Hall–Kier alpha value is -0.390. The van der Waals surface area contributed by atoms with Crippen molar-refractivity contribution in [2.45, 2.75) is 20.0 Å². The first-order valence-corrected chi connectivity index (χ1v) is 4.77. The average Bonchev–Trinajstić information content (AvgIpc) is 2.16. The topological polar surface area (TPSA) is 52.9 Å². The summed E-state index contributed by atoms with van der Waals surface area (Å²) in [6.07, 6.45) is -0.853. The van der Waals surface area contributed by atoms with Gasteiger partial charge in [-0.25, -0.2) is 0 Å². The molecule has 0 aromatic rings. The number of ether oxygens (including phenoxy) is 1. The highest BCUT2D eigenvalue weighted by atomic mass is 32.1. The van der Waals surface area contributed by atoms with E-state index in [-0.39, 0.29) is 13.2 Å². The molecule has 0 saturated heterocycles. The highest BCUT2D eigenvalue weighted by Crippen LogP contribution is 1.95. The predicted molar refractivity (Wildman–Crippen MR) is 54.6 cm³/mol. The molecule has 13 heavy (non-hydrogen) atoms. The molecule has 0 aromatic heterocycles. The van der Waals surface area contributed by atoms with Gasteiger partial charge in [0.05, 0.1) is 6.61 Å². The largest absolute Gasteiger partial charge is 0.468 e. The molecule has 0 aromatic carbocycles. The van der Waals surface area contributed by atoms with Crippen molar-refractivity contribution in [1.82, 2.24) is 4.90 Å². The Labute approximate surface area is 84.1 Å². The summed E-state index contributed by atoms with van der Waals surface area (Å²) in [5.41, 5.74) is 0.